The topological polar surface area (TPSA) is 68.5 Å². The smallest absolute Gasteiger partial charge is 0.256 e. The average molecular weight is 293 g/mol. The molecule has 0 amide bonds. The lowest BCUT2D eigenvalue weighted by atomic mass is 9.87. The van der Waals surface area contributed by atoms with Crippen LogP contribution in [0.2, 0.25) is 5.28 Å². The first-order valence-corrected chi connectivity index (χ1v) is 7.26. The number of halogens is 1. The van der Waals surface area contributed by atoms with Crippen molar-refractivity contribution in [1.82, 2.24) is 24.7 Å². The van der Waals surface area contributed by atoms with Crippen LogP contribution < -0.4 is 5.32 Å². The van der Waals surface area contributed by atoms with E-state index < -0.39 is 0 Å². The van der Waals surface area contributed by atoms with Crippen LogP contribution in [-0.2, 0) is 0 Å². The summed E-state index contributed by atoms with van der Waals surface area (Å²) in [6.45, 7) is 2.30. The molecule has 7 heteroatoms. The summed E-state index contributed by atoms with van der Waals surface area (Å²) < 4.78 is 1.57. The highest BCUT2D eigenvalue weighted by Crippen LogP contribution is 2.25. The Labute approximate surface area is 122 Å². The number of hydrogen-bond donors (Lipinski definition) is 1. The van der Waals surface area contributed by atoms with E-state index in [0.29, 0.717) is 17.9 Å². The predicted molar refractivity (Wildman–Crippen MR) is 77.0 cm³/mol. The van der Waals surface area contributed by atoms with Crippen molar-refractivity contribution in [1.29, 1.82) is 0 Å². The van der Waals surface area contributed by atoms with E-state index >= 15 is 0 Å². The second-order valence-electron chi connectivity index (χ2n) is 5.28. The fourth-order valence-electron chi connectivity index (χ4n) is 2.48. The normalized spacial score (nSPS) is 22.7. The first-order chi connectivity index (χ1) is 9.70. The van der Waals surface area contributed by atoms with E-state index in [-0.39, 0.29) is 5.28 Å². The molecule has 0 saturated heterocycles. The van der Waals surface area contributed by atoms with Crippen LogP contribution in [0.5, 0.6) is 0 Å². The third-order valence-electron chi connectivity index (χ3n) is 3.65. The highest BCUT2D eigenvalue weighted by molar-refractivity contribution is 6.28. The highest BCUT2D eigenvalue weighted by Gasteiger charge is 2.19. The molecule has 0 atom stereocenters. The van der Waals surface area contributed by atoms with Crippen molar-refractivity contribution < 1.29 is 0 Å². The van der Waals surface area contributed by atoms with E-state index in [2.05, 4.69) is 32.3 Å². The minimum atomic E-state index is 0.178. The fraction of sp³-hybridized carbons (Fsp3) is 0.538. The summed E-state index contributed by atoms with van der Waals surface area (Å²) in [5, 5.41) is 7.64. The molecular weight excluding hydrogens is 276 g/mol. The van der Waals surface area contributed by atoms with Crippen molar-refractivity contribution in [2.75, 3.05) is 5.32 Å². The lowest BCUT2D eigenvalue weighted by molar-refractivity contribution is 0.360. The molecule has 0 spiro atoms. The van der Waals surface area contributed by atoms with Gasteiger partial charge in [0.15, 0.2) is 0 Å². The monoisotopic (exact) mass is 292 g/mol. The molecule has 1 fully saturated rings. The molecule has 0 aromatic carbocycles. The summed E-state index contributed by atoms with van der Waals surface area (Å²) in [5.74, 6) is 1.77. The van der Waals surface area contributed by atoms with Gasteiger partial charge in [0.1, 0.15) is 0 Å². The van der Waals surface area contributed by atoms with Gasteiger partial charge in [-0.25, -0.2) is 4.68 Å². The summed E-state index contributed by atoms with van der Waals surface area (Å²) in [5.41, 5.74) is 0. The zero-order valence-corrected chi connectivity index (χ0v) is 12.1. The van der Waals surface area contributed by atoms with Crippen molar-refractivity contribution in [3.8, 4) is 5.95 Å². The van der Waals surface area contributed by atoms with Crippen LogP contribution in [-0.4, -0.2) is 30.8 Å². The first kappa shape index (κ1) is 13.3. The molecule has 3 rings (SSSR count). The Kier molecular flexibility index (Phi) is 3.82. The third kappa shape index (κ3) is 3.07. The summed E-state index contributed by atoms with van der Waals surface area (Å²) in [4.78, 5) is 12.6. The second kappa shape index (κ2) is 5.75. The van der Waals surface area contributed by atoms with E-state index in [1.54, 1.807) is 17.1 Å². The molecule has 1 saturated carbocycles. The second-order valence-corrected chi connectivity index (χ2v) is 5.62. The Balaban J connectivity index is 1.76. The number of nitrogens with zero attached hydrogens (tertiary/aromatic N) is 5. The standard InChI is InChI=1S/C13H17ClN6/c1-9-3-5-10(6-4-9)16-12-17-11(14)18-13(19-12)20-8-2-7-15-20/h2,7-10H,3-6H2,1H3,(H,16,17,18,19). The summed E-state index contributed by atoms with van der Waals surface area (Å²) in [6.07, 6.45) is 8.21. The Morgan fingerprint density at radius 1 is 1.20 bits per heavy atom. The Morgan fingerprint density at radius 2 is 2.00 bits per heavy atom. The van der Waals surface area contributed by atoms with Gasteiger partial charge in [0.2, 0.25) is 11.2 Å². The van der Waals surface area contributed by atoms with Crippen LogP contribution in [0.3, 0.4) is 0 Å². The van der Waals surface area contributed by atoms with Crippen molar-refractivity contribution in [2.45, 2.75) is 38.6 Å². The molecule has 2 aromatic rings. The quantitative estimate of drug-likeness (QED) is 0.942. The van der Waals surface area contributed by atoms with Crippen LogP contribution in [0.4, 0.5) is 5.95 Å². The van der Waals surface area contributed by atoms with E-state index in [4.69, 9.17) is 11.6 Å². The highest BCUT2D eigenvalue weighted by atomic mass is 35.5. The van der Waals surface area contributed by atoms with Gasteiger partial charge in [-0.2, -0.15) is 20.1 Å². The molecule has 0 radical (unpaired) electrons. The lowest BCUT2D eigenvalue weighted by Crippen LogP contribution is -2.26. The number of hydrogen-bond acceptors (Lipinski definition) is 5. The molecule has 1 aliphatic carbocycles. The summed E-state index contributed by atoms with van der Waals surface area (Å²) in [6, 6.07) is 2.22. The SMILES string of the molecule is CC1CCC(Nc2nc(Cl)nc(-n3cccn3)n2)CC1. The molecule has 2 aromatic heterocycles. The minimum absolute atomic E-state index is 0.178. The van der Waals surface area contributed by atoms with E-state index in [9.17, 15) is 0 Å². The summed E-state index contributed by atoms with van der Waals surface area (Å²) >= 11 is 5.96. The van der Waals surface area contributed by atoms with Crippen molar-refractivity contribution >= 4 is 17.5 Å². The van der Waals surface area contributed by atoms with Gasteiger partial charge in [0.05, 0.1) is 0 Å². The van der Waals surface area contributed by atoms with E-state index in [1.807, 2.05) is 6.07 Å². The van der Waals surface area contributed by atoms with Gasteiger partial charge in [0, 0.05) is 18.4 Å². The van der Waals surface area contributed by atoms with Gasteiger partial charge < -0.3 is 5.32 Å². The number of anilines is 1. The molecule has 0 aliphatic heterocycles. The number of nitrogens with one attached hydrogen (secondary N) is 1. The molecule has 20 heavy (non-hydrogen) atoms. The number of aromatic nitrogens is 5. The summed E-state index contributed by atoms with van der Waals surface area (Å²) in [7, 11) is 0. The molecule has 1 aliphatic rings. The van der Waals surface area contributed by atoms with Gasteiger partial charge in [-0.15, -0.1) is 0 Å². The van der Waals surface area contributed by atoms with Gasteiger partial charge in [0.25, 0.3) is 5.95 Å². The molecular formula is C13H17ClN6. The van der Waals surface area contributed by atoms with Crippen molar-refractivity contribution in [3.63, 3.8) is 0 Å². The first-order valence-electron chi connectivity index (χ1n) is 6.89. The van der Waals surface area contributed by atoms with Crippen LogP contribution >= 0.6 is 11.6 Å². The molecule has 106 valence electrons. The van der Waals surface area contributed by atoms with Crippen LogP contribution in [0.15, 0.2) is 18.5 Å². The molecule has 0 unspecified atom stereocenters. The lowest BCUT2D eigenvalue weighted by Gasteiger charge is -2.26. The van der Waals surface area contributed by atoms with Crippen LogP contribution in [0, 0.1) is 5.92 Å². The maximum atomic E-state index is 5.96. The predicted octanol–water partition coefficient (Wildman–Crippen LogP) is 2.70. The largest absolute Gasteiger partial charge is 0.351 e. The van der Waals surface area contributed by atoms with Gasteiger partial charge in [-0.3, -0.25) is 0 Å². The zero-order chi connectivity index (χ0) is 13.9. The Morgan fingerprint density at radius 3 is 2.70 bits per heavy atom. The maximum absolute atomic E-state index is 5.96. The van der Waals surface area contributed by atoms with Crippen molar-refractivity contribution in [2.24, 2.45) is 5.92 Å². The Bertz CT molecular complexity index is 562. The molecule has 1 N–H and O–H groups in total. The van der Waals surface area contributed by atoms with Gasteiger partial charge >= 0.3 is 0 Å². The minimum Gasteiger partial charge on any atom is -0.351 e. The van der Waals surface area contributed by atoms with Crippen LogP contribution in [0.25, 0.3) is 5.95 Å². The van der Waals surface area contributed by atoms with E-state index in [0.717, 1.165) is 18.8 Å². The van der Waals surface area contributed by atoms with Crippen molar-refractivity contribution in [3.05, 3.63) is 23.7 Å². The third-order valence-corrected chi connectivity index (χ3v) is 3.82. The molecule has 2 heterocycles. The van der Waals surface area contributed by atoms with Crippen LogP contribution in [0.1, 0.15) is 32.6 Å². The zero-order valence-electron chi connectivity index (χ0n) is 11.3. The average Bonchev–Trinajstić information content (AvgIpc) is 2.95. The number of rotatable bonds is 3. The Hall–Kier alpha value is -1.69. The van der Waals surface area contributed by atoms with E-state index in [1.165, 1.54) is 12.8 Å². The van der Waals surface area contributed by atoms with Gasteiger partial charge in [-0.1, -0.05) is 6.92 Å². The maximum Gasteiger partial charge on any atom is 0.256 e. The molecule has 0 bridgehead atoms. The van der Waals surface area contributed by atoms with Gasteiger partial charge in [-0.05, 0) is 49.3 Å². The fourth-order valence-corrected chi connectivity index (χ4v) is 2.64. The molecule has 6 nitrogen and oxygen atoms in total.